The minimum absolute atomic E-state index is 0.00974. The summed E-state index contributed by atoms with van der Waals surface area (Å²) in [4.78, 5) is 35.7. The molecule has 1 saturated carbocycles. The number of allylic oxidation sites excluding steroid dienone is 1. The SMILES string of the molecule is C=C[C@H]1CCC(C(=O)OCC)(C(=O)OCC)C[C@@H]1C=O. The second-order valence-electron chi connectivity index (χ2n) is 4.97. The first-order valence-corrected chi connectivity index (χ1v) is 6.98. The maximum absolute atomic E-state index is 12.2. The molecule has 1 fully saturated rings. The van der Waals surface area contributed by atoms with Crippen LogP contribution in [-0.4, -0.2) is 31.4 Å². The normalized spacial score (nSPS) is 24.5. The summed E-state index contributed by atoms with van der Waals surface area (Å²) in [6.45, 7) is 7.45. The van der Waals surface area contributed by atoms with Crippen molar-refractivity contribution in [3.8, 4) is 0 Å². The maximum atomic E-state index is 12.2. The quantitative estimate of drug-likeness (QED) is 0.322. The topological polar surface area (TPSA) is 69.7 Å². The lowest BCUT2D eigenvalue weighted by atomic mass is 9.65. The number of ether oxygens (including phenoxy) is 2. The van der Waals surface area contributed by atoms with E-state index in [-0.39, 0.29) is 25.6 Å². The van der Waals surface area contributed by atoms with Crippen molar-refractivity contribution in [2.45, 2.75) is 33.1 Å². The first-order valence-electron chi connectivity index (χ1n) is 6.98. The van der Waals surface area contributed by atoms with Crippen molar-refractivity contribution in [3.05, 3.63) is 12.7 Å². The molecule has 1 aliphatic rings. The molecule has 5 nitrogen and oxygen atoms in total. The highest BCUT2D eigenvalue weighted by molar-refractivity contribution is 6.00. The lowest BCUT2D eigenvalue weighted by molar-refractivity contribution is -0.176. The highest BCUT2D eigenvalue weighted by atomic mass is 16.6. The van der Waals surface area contributed by atoms with Crippen molar-refractivity contribution in [1.82, 2.24) is 0 Å². The van der Waals surface area contributed by atoms with E-state index in [1.54, 1.807) is 19.9 Å². The van der Waals surface area contributed by atoms with Crippen molar-refractivity contribution in [2.24, 2.45) is 17.3 Å². The Bertz CT molecular complexity index is 370. The Morgan fingerprint density at radius 2 is 1.75 bits per heavy atom. The molecule has 2 atom stereocenters. The Hall–Kier alpha value is -1.65. The van der Waals surface area contributed by atoms with Gasteiger partial charge in [-0.15, -0.1) is 6.58 Å². The zero-order valence-electron chi connectivity index (χ0n) is 12.1. The van der Waals surface area contributed by atoms with Gasteiger partial charge in [-0.1, -0.05) is 6.08 Å². The maximum Gasteiger partial charge on any atom is 0.323 e. The second-order valence-corrected chi connectivity index (χ2v) is 4.97. The third-order valence-electron chi connectivity index (χ3n) is 3.85. The molecule has 0 unspecified atom stereocenters. The standard InChI is InChI=1S/C15H22O5/c1-4-11-7-8-15(9-12(11)10-16,13(17)19-5-2)14(18)20-6-3/h4,10-12H,1,5-9H2,2-3H3/t11-,12+/m0/s1. The van der Waals surface area contributed by atoms with E-state index >= 15 is 0 Å². The van der Waals surface area contributed by atoms with E-state index in [1.807, 2.05) is 0 Å². The monoisotopic (exact) mass is 282 g/mol. The Morgan fingerprint density at radius 1 is 1.20 bits per heavy atom. The van der Waals surface area contributed by atoms with Crippen LogP contribution >= 0.6 is 0 Å². The Balaban J connectivity index is 3.06. The number of esters is 2. The number of rotatable bonds is 6. The third kappa shape index (κ3) is 3.08. The molecule has 0 aliphatic heterocycles. The molecule has 0 spiro atoms. The summed E-state index contributed by atoms with van der Waals surface area (Å²) in [6.07, 6.45) is 3.50. The highest BCUT2D eigenvalue weighted by Gasteiger charge is 2.53. The highest BCUT2D eigenvalue weighted by Crippen LogP contribution is 2.44. The Morgan fingerprint density at radius 3 is 2.15 bits per heavy atom. The van der Waals surface area contributed by atoms with Gasteiger partial charge in [0.25, 0.3) is 0 Å². The Kier molecular flexibility index (Phi) is 5.92. The second kappa shape index (κ2) is 7.22. The molecular formula is C15H22O5. The summed E-state index contributed by atoms with van der Waals surface area (Å²) < 4.78 is 10.1. The number of carbonyl (C=O) groups excluding carboxylic acids is 3. The van der Waals surface area contributed by atoms with E-state index in [0.717, 1.165) is 6.29 Å². The molecule has 112 valence electrons. The summed E-state index contributed by atoms with van der Waals surface area (Å²) in [5.41, 5.74) is -1.35. The van der Waals surface area contributed by atoms with Crippen LogP contribution < -0.4 is 0 Å². The molecule has 0 saturated heterocycles. The summed E-state index contributed by atoms with van der Waals surface area (Å²) >= 11 is 0. The average molecular weight is 282 g/mol. The number of aldehydes is 1. The smallest absolute Gasteiger partial charge is 0.323 e. The van der Waals surface area contributed by atoms with Gasteiger partial charge in [-0.05, 0) is 39.0 Å². The van der Waals surface area contributed by atoms with Crippen LogP contribution in [-0.2, 0) is 23.9 Å². The van der Waals surface area contributed by atoms with Crippen LogP contribution in [0.2, 0.25) is 0 Å². The molecular weight excluding hydrogens is 260 g/mol. The minimum atomic E-state index is -1.35. The molecule has 1 rings (SSSR count). The van der Waals surface area contributed by atoms with Crippen molar-refractivity contribution in [3.63, 3.8) is 0 Å². The minimum Gasteiger partial charge on any atom is -0.465 e. The van der Waals surface area contributed by atoms with Gasteiger partial charge in [-0.25, -0.2) is 0 Å². The molecule has 0 amide bonds. The lowest BCUT2D eigenvalue weighted by Crippen LogP contribution is -2.47. The van der Waals surface area contributed by atoms with Crippen LogP contribution in [0.5, 0.6) is 0 Å². The Labute approximate surface area is 119 Å². The molecule has 0 heterocycles. The van der Waals surface area contributed by atoms with Crippen molar-refractivity contribution >= 4 is 18.2 Å². The van der Waals surface area contributed by atoms with Crippen LogP contribution in [0.15, 0.2) is 12.7 Å². The van der Waals surface area contributed by atoms with E-state index in [1.165, 1.54) is 0 Å². The molecule has 0 aromatic heterocycles. The third-order valence-corrected chi connectivity index (χ3v) is 3.85. The summed E-state index contributed by atoms with van der Waals surface area (Å²) in [7, 11) is 0. The van der Waals surface area contributed by atoms with Gasteiger partial charge in [0, 0.05) is 5.92 Å². The van der Waals surface area contributed by atoms with Gasteiger partial charge in [-0.2, -0.15) is 0 Å². The van der Waals surface area contributed by atoms with Crippen LogP contribution in [0, 0.1) is 17.3 Å². The fraction of sp³-hybridized carbons (Fsp3) is 0.667. The van der Waals surface area contributed by atoms with E-state index in [4.69, 9.17) is 9.47 Å². The van der Waals surface area contributed by atoms with Crippen molar-refractivity contribution < 1.29 is 23.9 Å². The zero-order valence-corrected chi connectivity index (χ0v) is 12.1. The van der Waals surface area contributed by atoms with Gasteiger partial charge in [0.15, 0.2) is 5.41 Å². The van der Waals surface area contributed by atoms with Crippen LogP contribution in [0.4, 0.5) is 0 Å². The molecule has 0 aromatic carbocycles. The molecule has 0 bridgehead atoms. The molecule has 5 heteroatoms. The first kappa shape index (κ1) is 16.4. The first-order chi connectivity index (χ1) is 9.55. The van der Waals surface area contributed by atoms with E-state index < -0.39 is 23.3 Å². The van der Waals surface area contributed by atoms with E-state index in [9.17, 15) is 14.4 Å². The summed E-state index contributed by atoms with van der Waals surface area (Å²) in [6, 6.07) is 0. The van der Waals surface area contributed by atoms with Gasteiger partial charge in [0.05, 0.1) is 13.2 Å². The number of carbonyl (C=O) groups is 3. The molecule has 20 heavy (non-hydrogen) atoms. The molecule has 0 aromatic rings. The summed E-state index contributed by atoms with van der Waals surface area (Å²) in [5, 5.41) is 0. The molecule has 0 radical (unpaired) electrons. The van der Waals surface area contributed by atoms with Gasteiger partial charge in [0.1, 0.15) is 6.29 Å². The van der Waals surface area contributed by atoms with Gasteiger partial charge in [-0.3, -0.25) is 9.59 Å². The molecule has 1 aliphatic carbocycles. The van der Waals surface area contributed by atoms with E-state index in [0.29, 0.717) is 12.8 Å². The fourth-order valence-corrected chi connectivity index (χ4v) is 2.72. The van der Waals surface area contributed by atoms with Gasteiger partial charge in [0.2, 0.25) is 0 Å². The molecule has 0 N–H and O–H groups in total. The number of hydrogen-bond donors (Lipinski definition) is 0. The van der Waals surface area contributed by atoms with Crippen LogP contribution in [0.3, 0.4) is 0 Å². The van der Waals surface area contributed by atoms with Crippen molar-refractivity contribution in [1.29, 1.82) is 0 Å². The van der Waals surface area contributed by atoms with Gasteiger partial charge < -0.3 is 14.3 Å². The van der Waals surface area contributed by atoms with Crippen LogP contribution in [0.1, 0.15) is 33.1 Å². The van der Waals surface area contributed by atoms with Crippen molar-refractivity contribution in [2.75, 3.05) is 13.2 Å². The predicted octanol–water partition coefficient (Wildman–Crippen LogP) is 1.90. The zero-order chi connectivity index (χ0) is 15.2. The largest absolute Gasteiger partial charge is 0.465 e. The lowest BCUT2D eigenvalue weighted by Gasteiger charge is -2.38. The average Bonchev–Trinajstić information content (AvgIpc) is 2.46. The van der Waals surface area contributed by atoms with E-state index in [2.05, 4.69) is 6.58 Å². The van der Waals surface area contributed by atoms with Gasteiger partial charge >= 0.3 is 11.9 Å². The van der Waals surface area contributed by atoms with Crippen LogP contribution in [0.25, 0.3) is 0 Å². The fourth-order valence-electron chi connectivity index (χ4n) is 2.72. The predicted molar refractivity (Wildman–Crippen MR) is 72.8 cm³/mol. The number of hydrogen-bond acceptors (Lipinski definition) is 5. The summed E-state index contributed by atoms with van der Waals surface area (Å²) in [5.74, 6) is -1.60.